The molecule has 0 aliphatic heterocycles. The van der Waals surface area contributed by atoms with Crippen molar-refractivity contribution in [1.82, 2.24) is 15.0 Å². The first-order valence-corrected chi connectivity index (χ1v) is 7.59. The number of nitrogens with zero attached hydrogens (tertiary/aromatic N) is 3. The van der Waals surface area contributed by atoms with Gasteiger partial charge < -0.3 is 15.4 Å². The zero-order valence-corrected chi connectivity index (χ0v) is 12.6. The lowest BCUT2D eigenvalue weighted by molar-refractivity contribution is 0.312. The highest BCUT2D eigenvalue weighted by Gasteiger charge is 2.23. The van der Waals surface area contributed by atoms with E-state index in [9.17, 15) is 0 Å². The van der Waals surface area contributed by atoms with Gasteiger partial charge in [-0.3, -0.25) is 0 Å². The van der Waals surface area contributed by atoms with E-state index in [2.05, 4.69) is 32.5 Å². The van der Waals surface area contributed by atoms with Crippen molar-refractivity contribution in [2.24, 2.45) is 11.8 Å². The Bertz CT molecular complexity index is 402. The van der Waals surface area contributed by atoms with Crippen molar-refractivity contribution >= 4 is 11.9 Å². The highest BCUT2D eigenvalue weighted by Crippen LogP contribution is 2.31. The lowest BCUT2D eigenvalue weighted by Gasteiger charge is -2.16. The van der Waals surface area contributed by atoms with Gasteiger partial charge >= 0.3 is 6.01 Å². The molecule has 1 saturated carbocycles. The van der Waals surface area contributed by atoms with Gasteiger partial charge in [-0.05, 0) is 32.1 Å². The molecule has 1 aliphatic carbocycles. The summed E-state index contributed by atoms with van der Waals surface area (Å²) in [5.41, 5.74) is 0. The quantitative estimate of drug-likeness (QED) is 0.799. The van der Waals surface area contributed by atoms with Crippen molar-refractivity contribution < 1.29 is 4.74 Å². The molecule has 0 spiro atoms. The molecule has 2 rings (SSSR count). The molecule has 0 aromatic carbocycles. The molecule has 0 radical (unpaired) electrons. The van der Waals surface area contributed by atoms with Gasteiger partial charge in [0.25, 0.3) is 0 Å². The molecule has 1 aromatic heterocycles. The lowest BCUT2D eigenvalue weighted by atomic mass is 9.98. The van der Waals surface area contributed by atoms with Crippen molar-refractivity contribution in [1.29, 1.82) is 0 Å². The number of hydrogen-bond donors (Lipinski definition) is 2. The van der Waals surface area contributed by atoms with E-state index in [4.69, 9.17) is 4.74 Å². The van der Waals surface area contributed by atoms with Gasteiger partial charge in [-0.2, -0.15) is 15.0 Å². The molecule has 20 heavy (non-hydrogen) atoms. The third-order valence-corrected chi connectivity index (χ3v) is 3.78. The number of nitrogens with one attached hydrogen (secondary N) is 2. The molecule has 0 bridgehead atoms. The number of hydrogen-bond acceptors (Lipinski definition) is 6. The van der Waals surface area contributed by atoms with E-state index in [1.165, 1.54) is 19.3 Å². The number of anilines is 2. The fraction of sp³-hybridized carbons (Fsp3) is 0.786. The van der Waals surface area contributed by atoms with Gasteiger partial charge in [-0.1, -0.05) is 19.8 Å². The van der Waals surface area contributed by atoms with E-state index in [1.54, 1.807) is 0 Å². The van der Waals surface area contributed by atoms with Crippen LogP contribution in [0.1, 0.15) is 40.0 Å². The monoisotopic (exact) mass is 279 g/mol. The smallest absolute Gasteiger partial charge is 0.323 e. The average molecular weight is 279 g/mol. The molecule has 2 atom stereocenters. The second kappa shape index (κ2) is 7.26. The van der Waals surface area contributed by atoms with Crippen LogP contribution in [0.15, 0.2) is 0 Å². The van der Waals surface area contributed by atoms with Crippen molar-refractivity contribution in [3.05, 3.63) is 0 Å². The first kappa shape index (κ1) is 14.8. The Morgan fingerprint density at radius 3 is 2.45 bits per heavy atom. The Balaban J connectivity index is 2.01. The molecule has 0 saturated heterocycles. The van der Waals surface area contributed by atoms with E-state index in [0.717, 1.165) is 19.0 Å². The molecule has 6 heteroatoms. The second-order valence-electron chi connectivity index (χ2n) is 5.28. The van der Waals surface area contributed by atoms with E-state index >= 15 is 0 Å². The van der Waals surface area contributed by atoms with Crippen molar-refractivity contribution in [2.75, 3.05) is 30.3 Å². The summed E-state index contributed by atoms with van der Waals surface area (Å²) in [6, 6.07) is 0.375. The van der Waals surface area contributed by atoms with Gasteiger partial charge in [0.05, 0.1) is 6.61 Å². The molecule has 1 aliphatic rings. The number of aromatic nitrogens is 3. The first-order valence-electron chi connectivity index (χ1n) is 7.59. The van der Waals surface area contributed by atoms with Crippen LogP contribution in [0, 0.1) is 11.8 Å². The summed E-state index contributed by atoms with van der Waals surface area (Å²) in [5.74, 6) is 2.65. The SMILES string of the molecule is CCNc1nc(NCC2CCCC2C)nc(OCC)n1. The third kappa shape index (κ3) is 3.95. The van der Waals surface area contributed by atoms with Crippen molar-refractivity contribution in [3.63, 3.8) is 0 Å². The Labute approximate surface area is 120 Å². The summed E-state index contributed by atoms with van der Waals surface area (Å²) in [6.07, 6.45) is 3.95. The van der Waals surface area contributed by atoms with Crippen molar-refractivity contribution in [3.8, 4) is 6.01 Å². The normalized spacial score (nSPS) is 21.8. The van der Waals surface area contributed by atoms with Crippen LogP contribution < -0.4 is 15.4 Å². The minimum absolute atomic E-state index is 0.375. The Morgan fingerprint density at radius 1 is 1.10 bits per heavy atom. The lowest BCUT2D eigenvalue weighted by Crippen LogP contribution is -2.18. The van der Waals surface area contributed by atoms with Crippen LogP contribution in [0.3, 0.4) is 0 Å². The Hall–Kier alpha value is -1.59. The fourth-order valence-electron chi connectivity index (χ4n) is 2.61. The van der Waals surface area contributed by atoms with Crippen molar-refractivity contribution in [2.45, 2.75) is 40.0 Å². The summed E-state index contributed by atoms with van der Waals surface area (Å²) in [4.78, 5) is 12.9. The van der Waals surface area contributed by atoms with Gasteiger partial charge in [-0.25, -0.2) is 0 Å². The second-order valence-corrected chi connectivity index (χ2v) is 5.28. The minimum Gasteiger partial charge on any atom is -0.464 e. The van der Waals surface area contributed by atoms with Gasteiger partial charge in [0, 0.05) is 13.1 Å². The number of ether oxygens (including phenoxy) is 1. The molecule has 1 aromatic rings. The summed E-state index contributed by atoms with van der Waals surface area (Å²) in [5, 5.41) is 6.43. The van der Waals surface area contributed by atoms with Gasteiger partial charge in [0.2, 0.25) is 11.9 Å². The molecule has 1 fully saturated rings. The zero-order valence-electron chi connectivity index (χ0n) is 12.6. The van der Waals surface area contributed by atoms with Crippen LogP contribution in [-0.4, -0.2) is 34.6 Å². The maximum Gasteiger partial charge on any atom is 0.323 e. The van der Waals surface area contributed by atoms with E-state index < -0.39 is 0 Å². The van der Waals surface area contributed by atoms with E-state index in [1.807, 2.05) is 13.8 Å². The Kier molecular flexibility index (Phi) is 5.38. The minimum atomic E-state index is 0.375. The molecule has 0 amide bonds. The molecule has 112 valence electrons. The zero-order chi connectivity index (χ0) is 14.4. The van der Waals surface area contributed by atoms with Crippen LogP contribution in [0.4, 0.5) is 11.9 Å². The molecule has 2 N–H and O–H groups in total. The highest BCUT2D eigenvalue weighted by molar-refractivity contribution is 5.35. The standard InChI is InChI=1S/C14H25N5O/c1-4-15-12-17-13(19-14(18-12)20-5-2)16-9-11-8-6-7-10(11)3/h10-11H,4-9H2,1-3H3,(H2,15,16,17,18,19). The van der Waals surface area contributed by atoms with Crippen LogP contribution in [-0.2, 0) is 0 Å². The molecular formula is C14H25N5O. The Morgan fingerprint density at radius 2 is 1.85 bits per heavy atom. The highest BCUT2D eigenvalue weighted by atomic mass is 16.5. The van der Waals surface area contributed by atoms with E-state index in [0.29, 0.717) is 30.4 Å². The summed E-state index contributed by atoms with van der Waals surface area (Å²) in [7, 11) is 0. The average Bonchev–Trinajstić information content (AvgIpc) is 2.83. The van der Waals surface area contributed by atoms with Gasteiger partial charge in [-0.15, -0.1) is 0 Å². The predicted molar refractivity (Wildman–Crippen MR) is 80.2 cm³/mol. The van der Waals surface area contributed by atoms with Crippen LogP contribution in [0.25, 0.3) is 0 Å². The van der Waals surface area contributed by atoms with Gasteiger partial charge in [0.15, 0.2) is 0 Å². The molecule has 1 heterocycles. The molecule has 6 nitrogen and oxygen atoms in total. The molecule has 2 unspecified atom stereocenters. The van der Waals surface area contributed by atoms with Crippen LogP contribution >= 0.6 is 0 Å². The van der Waals surface area contributed by atoms with Gasteiger partial charge in [0.1, 0.15) is 0 Å². The first-order chi connectivity index (χ1) is 9.72. The summed E-state index contributed by atoms with van der Waals surface area (Å²) < 4.78 is 5.38. The van der Waals surface area contributed by atoms with Crippen LogP contribution in [0.5, 0.6) is 6.01 Å². The topological polar surface area (TPSA) is 72.0 Å². The molecular weight excluding hydrogens is 254 g/mol. The summed E-state index contributed by atoms with van der Waals surface area (Å²) in [6.45, 7) is 8.50. The maximum absolute atomic E-state index is 5.38. The van der Waals surface area contributed by atoms with E-state index in [-0.39, 0.29) is 0 Å². The number of rotatable bonds is 7. The largest absolute Gasteiger partial charge is 0.464 e. The third-order valence-electron chi connectivity index (χ3n) is 3.78. The fourth-order valence-corrected chi connectivity index (χ4v) is 2.61. The van der Waals surface area contributed by atoms with Crippen LogP contribution in [0.2, 0.25) is 0 Å². The summed E-state index contributed by atoms with van der Waals surface area (Å²) >= 11 is 0. The predicted octanol–water partition coefficient (Wildman–Crippen LogP) is 2.55. The maximum atomic E-state index is 5.38.